The SMILES string of the molecule is CC/C=C\C/C=C\C/C=C\C/C=C\C/C=C\C/C=C\CCC(=O)OC(COC(=O)CCCCCCCCCCCC/C=C\C/C=C\C/C=C\CCCCCCC)COC(=O)CCCCCCCCCCCCCCCCC. The van der Waals surface area contributed by atoms with Gasteiger partial charge in [0.25, 0.3) is 0 Å². The summed E-state index contributed by atoms with van der Waals surface area (Å²) in [5, 5.41) is 0. The van der Waals surface area contributed by atoms with Gasteiger partial charge in [0.05, 0.1) is 0 Å². The van der Waals surface area contributed by atoms with Gasteiger partial charge >= 0.3 is 17.9 Å². The predicted molar refractivity (Wildman–Crippen MR) is 334 cm³/mol. The molecule has 6 heteroatoms. The Morgan fingerprint density at radius 1 is 0.273 bits per heavy atom. The lowest BCUT2D eigenvalue weighted by Gasteiger charge is -2.18. The fourth-order valence-corrected chi connectivity index (χ4v) is 8.95. The molecule has 0 saturated carbocycles. The molecule has 0 aliphatic heterocycles. The van der Waals surface area contributed by atoms with Crippen LogP contribution in [-0.2, 0) is 28.6 Å². The summed E-state index contributed by atoms with van der Waals surface area (Å²) < 4.78 is 16.9. The van der Waals surface area contributed by atoms with Gasteiger partial charge < -0.3 is 14.2 Å². The third-order valence-corrected chi connectivity index (χ3v) is 13.8. The molecule has 6 nitrogen and oxygen atoms in total. The first-order valence-corrected chi connectivity index (χ1v) is 32.4. The van der Waals surface area contributed by atoms with Crippen molar-refractivity contribution < 1.29 is 28.6 Å². The number of unbranched alkanes of at least 4 members (excludes halogenated alkanes) is 29. The summed E-state index contributed by atoms with van der Waals surface area (Å²) in [6.45, 7) is 6.48. The van der Waals surface area contributed by atoms with E-state index in [9.17, 15) is 14.4 Å². The first kappa shape index (κ1) is 73.1. The van der Waals surface area contributed by atoms with Gasteiger partial charge in [0, 0.05) is 19.3 Å². The zero-order valence-corrected chi connectivity index (χ0v) is 50.4. The van der Waals surface area contributed by atoms with Gasteiger partial charge in [-0.05, 0) is 96.3 Å². The second kappa shape index (κ2) is 64.6. The van der Waals surface area contributed by atoms with Crippen LogP contribution in [0.15, 0.2) is 109 Å². The summed E-state index contributed by atoms with van der Waals surface area (Å²) in [4.78, 5) is 38.3. The zero-order chi connectivity index (χ0) is 55.7. The van der Waals surface area contributed by atoms with E-state index in [-0.39, 0.29) is 31.6 Å². The van der Waals surface area contributed by atoms with Crippen LogP contribution < -0.4 is 0 Å². The van der Waals surface area contributed by atoms with Crippen LogP contribution in [0.2, 0.25) is 0 Å². The molecule has 0 N–H and O–H groups in total. The highest BCUT2D eigenvalue weighted by atomic mass is 16.6. The van der Waals surface area contributed by atoms with E-state index >= 15 is 0 Å². The highest BCUT2D eigenvalue weighted by Crippen LogP contribution is 2.16. The smallest absolute Gasteiger partial charge is 0.306 e. The Bertz CT molecular complexity index is 1560. The lowest BCUT2D eigenvalue weighted by atomic mass is 10.0. The predicted octanol–water partition coefficient (Wildman–Crippen LogP) is 22.2. The molecule has 0 heterocycles. The quantitative estimate of drug-likeness (QED) is 0.0261. The van der Waals surface area contributed by atoms with Gasteiger partial charge in [0.2, 0.25) is 0 Å². The van der Waals surface area contributed by atoms with Crippen molar-refractivity contribution in [1.29, 1.82) is 0 Å². The Morgan fingerprint density at radius 2 is 0.532 bits per heavy atom. The lowest BCUT2D eigenvalue weighted by Crippen LogP contribution is -2.30. The van der Waals surface area contributed by atoms with Gasteiger partial charge in [-0.2, -0.15) is 0 Å². The molecule has 0 amide bonds. The number of rotatable bonds is 58. The molecule has 0 aliphatic carbocycles. The minimum atomic E-state index is -0.822. The summed E-state index contributed by atoms with van der Waals surface area (Å²) in [6, 6.07) is 0. The third-order valence-electron chi connectivity index (χ3n) is 13.8. The molecule has 0 fully saturated rings. The van der Waals surface area contributed by atoms with E-state index < -0.39 is 12.1 Å². The van der Waals surface area contributed by atoms with Crippen molar-refractivity contribution >= 4 is 17.9 Å². The Balaban J connectivity index is 4.44. The molecule has 0 aliphatic rings. The van der Waals surface area contributed by atoms with Gasteiger partial charge in [-0.1, -0.05) is 297 Å². The van der Waals surface area contributed by atoms with Crippen LogP contribution in [0.1, 0.15) is 303 Å². The standard InChI is InChI=1S/C71H120O6/c1-4-7-10-13-16-19-22-25-28-30-32-33-34-35-36-37-39-40-43-46-49-52-55-58-61-64-70(73)76-67-68(66-75-69(72)63-60-57-54-51-48-45-42-27-24-21-18-15-12-9-6-3)77-71(74)65-62-59-56-53-50-47-44-41-38-31-29-26-23-20-17-14-11-8-5-2/h8,11,17,20,22,25-26,29-30,32,34-35,38,41,47,50,56,59,68H,4-7,9-10,12-16,18-19,21,23-24,27-28,31,33,36-37,39-40,42-46,48-49,51-55,57-58,60-67H2,1-3H3/b11-8-,20-17-,25-22-,29-26-,32-30-,35-34-,41-38-,50-47-,59-56-. The van der Waals surface area contributed by atoms with Crippen LogP contribution >= 0.6 is 0 Å². The van der Waals surface area contributed by atoms with Crippen molar-refractivity contribution in [2.75, 3.05) is 13.2 Å². The van der Waals surface area contributed by atoms with Crippen LogP contribution in [0.3, 0.4) is 0 Å². The lowest BCUT2D eigenvalue weighted by molar-refractivity contribution is -0.166. The average Bonchev–Trinajstić information content (AvgIpc) is 3.43. The minimum Gasteiger partial charge on any atom is -0.462 e. The van der Waals surface area contributed by atoms with Gasteiger partial charge in [0.1, 0.15) is 13.2 Å². The van der Waals surface area contributed by atoms with E-state index in [4.69, 9.17) is 14.2 Å². The second-order valence-electron chi connectivity index (χ2n) is 21.3. The number of hydrogen-bond acceptors (Lipinski definition) is 6. The van der Waals surface area contributed by atoms with E-state index in [1.54, 1.807) is 0 Å². The van der Waals surface area contributed by atoms with E-state index in [1.165, 1.54) is 167 Å². The summed E-state index contributed by atoms with van der Waals surface area (Å²) in [7, 11) is 0. The van der Waals surface area contributed by atoms with Crippen LogP contribution in [-0.4, -0.2) is 37.2 Å². The van der Waals surface area contributed by atoms with Gasteiger partial charge in [-0.25, -0.2) is 0 Å². The summed E-state index contributed by atoms with van der Waals surface area (Å²) >= 11 is 0. The molecular formula is C71H120O6. The summed E-state index contributed by atoms with van der Waals surface area (Å²) in [5.41, 5.74) is 0. The first-order valence-electron chi connectivity index (χ1n) is 32.4. The summed E-state index contributed by atoms with van der Waals surface area (Å²) in [5.74, 6) is -0.988. The van der Waals surface area contributed by atoms with Crippen molar-refractivity contribution in [2.45, 2.75) is 309 Å². The molecule has 0 aromatic heterocycles. The topological polar surface area (TPSA) is 78.9 Å². The van der Waals surface area contributed by atoms with Crippen molar-refractivity contribution in [3.8, 4) is 0 Å². The van der Waals surface area contributed by atoms with Crippen LogP contribution in [0.25, 0.3) is 0 Å². The minimum absolute atomic E-state index is 0.108. The molecule has 440 valence electrons. The molecule has 0 aromatic carbocycles. The van der Waals surface area contributed by atoms with Crippen LogP contribution in [0, 0.1) is 0 Å². The van der Waals surface area contributed by atoms with E-state index in [2.05, 4.69) is 124 Å². The maximum absolute atomic E-state index is 12.9. The van der Waals surface area contributed by atoms with Crippen LogP contribution in [0.4, 0.5) is 0 Å². The van der Waals surface area contributed by atoms with E-state index in [0.717, 1.165) is 89.9 Å². The van der Waals surface area contributed by atoms with E-state index in [0.29, 0.717) is 19.3 Å². The monoisotopic (exact) mass is 1070 g/mol. The highest BCUT2D eigenvalue weighted by molar-refractivity contribution is 5.71. The van der Waals surface area contributed by atoms with Gasteiger partial charge in [-0.3, -0.25) is 14.4 Å². The van der Waals surface area contributed by atoms with Crippen molar-refractivity contribution in [3.63, 3.8) is 0 Å². The fourth-order valence-electron chi connectivity index (χ4n) is 8.95. The number of ether oxygens (including phenoxy) is 3. The first-order chi connectivity index (χ1) is 38.0. The maximum Gasteiger partial charge on any atom is 0.306 e. The fraction of sp³-hybridized carbons (Fsp3) is 0.704. The second-order valence-corrected chi connectivity index (χ2v) is 21.3. The molecule has 0 aromatic rings. The molecule has 1 unspecified atom stereocenters. The molecule has 0 saturated heterocycles. The Morgan fingerprint density at radius 3 is 0.844 bits per heavy atom. The maximum atomic E-state index is 12.9. The Labute approximate surface area is 476 Å². The molecule has 77 heavy (non-hydrogen) atoms. The highest BCUT2D eigenvalue weighted by Gasteiger charge is 2.19. The van der Waals surface area contributed by atoms with Crippen molar-refractivity contribution in [3.05, 3.63) is 109 Å². The molecule has 0 bridgehead atoms. The number of allylic oxidation sites excluding steroid dienone is 18. The molecule has 0 spiro atoms. The number of esters is 3. The number of carbonyl (C=O) groups is 3. The Kier molecular flexibility index (Phi) is 61.3. The largest absolute Gasteiger partial charge is 0.462 e. The number of carbonyl (C=O) groups excluding carboxylic acids is 3. The van der Waals surface area contributed by atoms with Gasteiger partial charge in [0.15, 0.2) is 6.10 Å². The van der Waals surface area contributed by atoms with Crippen molar-refractivity contribution in [1.82, 2.24) is 0 Å². The normalized spacial score (nSPS) is 12.8. The number of hydrogen-bond donors (Lipinski definition) is 0. The van der Waals surface area contributed by atoms with Crippen molar-refractivity contribution in [2.24, 2.45) is 0 Å². The molecular weight excluding hydrogens is 949 g/mol. The Hall–Kier alpha value is -3.93. The van der Waals surface area contributed by atoms with Gasteiger partial charge in [-0.15, -0.1) is 0 Å². The van der Waals surface area contributed by atoms with E-state index in [1.807, 2.05) is 6.08 Å². The zero-order valence-electron chi connectivity index (χ0n) is 50.4. The molecule has 0 rings (SSSR count). The molecule has 1 atom stereocenters. The van der Waals surface area contributed by atoms with Crippen LogP contribution in [0.5, 0.6) is 0 Å². The average molecular weight is 1070 g/mol. The molecule has 0 radical (unpaired) electrons. The third kappa shape index (κ3) is 62.8. The summed E-state index contributed by atoms with van der Waals surface area (Å²) in [6.07, 6.45) is 88.2.